The van der Waals surface area contributed by atoms with E-state index in [1.54, 1.807) is 30.5 Å². The molecule has 0 unspecified atom stereocenters. The molecule has 1 aliphatic rings. The third-order valence-corrected chi connectivity index (χ3v) is 4.18. The van der Waals surface area contributed by atoms with E-state index in [1.165, 1.54) is 6.20 Å². The maximum atomic E-state index is 11.9. The van der Waals surface area contributed by atoms with E-state index in [0.29, 0.717) is 43.8 Å². The van der Waals surface area contributed by atoms with Gasteiger partial charge in [0.25, 0.3) is 5.91 Å². The lowest BCUT2D eigenvalue weighted by Gasteiger charge is -2.31. The average molecular weight is 352 g/mol. The molecule has 25 heavy (non-hydrogen) atoms. The highest BCUT2D eigenvalue weighted by Gasteiger charge is 2.25. The first-order valence-electron chi connectivity index (χ1n) is 8.29. The molecule has 0 radical (unpaired) electrons. The van der Waals surface area contributed by atoms with Crippen molar-refractivity contribution in [1.29, 1.82) is 0 Å². The van der Waals surface area contributed by atoms with E-state index >= 15 is 0 Å². The maximum Gasteiger partial charge on any atom is 0.409 e. The number of likely N-dealkylation sites (tertiary alicyclic amines) is 1. The van der Waals surface area contributed by atoms with Crippen LogP contribution in [0, 0.1) is 6.92 Å². The second-order valence-electron chi connectivity index (χ2n) is 5.87. The van der Waals surface area contributed by atoms with E-state index < -0.39 is 5.97 Å². The summed E-state index contributed by atoms with van der Waals surface area (Å²) in [4.78, 5) is 37.1. The molecule has 1 aromatic heterocycles. The molecule has 0 aromatic carbocycles. The molecule has 0 aliphatic carbocycles. The van der Waals surface area contributed by atoms with Crippen molar-refractivity contribution >= 4 is 18.0 Å². The Kier molecular flexibility index (Phi) is 6.37. The third kappa shape index (κ3) is 4.94. The van der Waals surface area contributed by atoms with E-state index in [4.69, 9.17) is 9.47 Å². The van der Waals surface area contributed by atoms with Gasteiger partial charge in [0.2, 0.25) is 0 Å². The highest BCUT2D eigenvalue weighted by Crippen LogP contribution is 2.12. The summed E-state index contributed by atoms with van der Waals surface area (Å²) in [6.45, 7) is 4.57. The lowest BCUT2D eigenvalue weighted by Crippen LogP contribution is -2.47. The Morgan fingerprint density at radius 2 is 1.96 bits per heavy atom. The number of aryl methyl sites for hydroxylation is 1. The van der Waals surface area contributed by atoms with E-state index in [9.17, 15) is 14.4 Å². The smallest absolute Gasteiger partial charge is 0.409 e. The molecule has 9 nitrogen and oxygen atoms in total. The van der Waals surface area contributed by atoms with Gasteiger partial charge < -0.3 is 19.7 Å². The summed E-state index contributed by atoms with van der Waals surface area (Å²) in [6, 6.07) is -0.0444. The van der Waals surface area contributed by atoms with Crippen molar-refractivity contribution in [3.8, 4) is 0 Å². The molecule has 1 fully saturated rings. The van der Waals surface area contributed by atoms with Crippen molar-refractivity contribution in [1.82, 2.24) is 20.0 Å². The summed E-state index contributed by atoms with van der Waals surface area (Å²) < 4.78 is 11.5. The topological polar surface area (TPSA) is 103 Å². The number of hydrogen-bond donors (Lipinski definition) is 1. The van der Waals surface area contributed by atoms with Crippen LogP contribution in [-0.2, 0) is 21.3 Å². The Labute approximate surface area is 146 Å². The second-order valence-corrected chi connectivity index (χ2v) is 5.87. The van der Waals surface area contributed by atoms with Gasteiger partial charge in [-0.25, -0.2) is 9.59 Å². The first-order valence-corrected chi connectivity index (χ1v) is 8.29. The van der Waals surface area contributed by atoms with E-state index in [0.717, 1.165) is 0 Å². The van der Waals surface area contributed by atoms with Crippen LogP contribution in [0.5, 0.6) is 0 Å². The number of hydrogen-bond acceptors (Lipinski definition) is 6. The first kappa shape index (κ1) is 18.8. The first-order chi connectivity index (χ1) is 11.9. The van der Waals surface area contributed by atoms with E-state index in [-0.39, 0.29) is 24.6 Å². The third-order valence-electron chi connectivity index (χ3n) is 4.18. The van der Waals surface area contributed by atoms with Crippen LogP contribution < -0.4 is 5.32 Å². The number of carbonyl (C=O) groups excluding carboxylic acids is 3. The number of nitrogens with one attached hydrogen (secondary N) is 1. The van der Waals surface area contributed by atoms with Crippen molar-refractivity contribution in [2.45, 2.75) is 32.7 Å². The van der Waals surface area contributed by atoms with Crippen molar-refractivity contribution in [3.63, 3.8) is 0 Å². The molecule has 9 heteroatoms. The Bertz CT molecular complexity index is 634. The molecule has 2 heterocycles. The van der Waals surface area contributed by atoms with Crippen molar-refractivity contribution in [2.24, 2.45) is 7.05 Å². The van der Waals surface area contributed by atoms with Gasteiger partial charge in [-0.05, 0) is 26.7 Å². The van der Waals surface area contributed by atoms with Crippen LogP contribution >= 0.6 is 0 Å². The van der Waals surface area contributed by atoms with Gasteiger partial charge >= 0.3 is 12.1 Å². The van der Waals surface area contributed by atoms with Crippen LogP contribution in [-0.4, -0.2) is 65.0 Å². The van der Waals surface area contributed by atoms with Gasteiger partial charge in [0, 0.05) is 31.9 Å². The molecule has 1 aliphatic heterocycles. The summed E-state index contributed by atoms with van der Waals surface area (Å²) in [7, 11) is 1.72. The normalized spacial score (nSPS) is 14.9. The number of rotatable bonds is 5. The minimum absolute atomic E-state index is 0.0444. The van der Waals surface area contributed by atoms with Crippen LogP contribution in [0.2, 0.25) is 0 Å². The molecular weight excluding hydrogens is 328 g/mol. The zero-order valence-corrected chi connectivity index (χ0v) is 14.8. The van der Waals surface area contributed by atoms with E-state index in [1.807, 2.05) is 0 Å². The summed E-state index contributed by atoms with van der Waals surface area (Å²) in [5.41, 5.74) is 1.02. The predicted molar refractivity (Wildman–Crippen MR) is 88.0 cm³/mol. The Balaban J connectivity index is 1.72. The average Bonchev–Trinajstić information content (AvgIpc) is 2.93. The molecule has 1 saturated heterocycles. The lowest BCUT2D eigenvalue weighted by atomic mass is 10.1. The number of ether oxygens (including phenoxy) is 2. The number of piperidine rings is 1. The summed E-state index contributed by atoms with van der Waals surface area (Å²) in [5, 5.41) is 6.79. The molecule has 0 spiro atoms. The largest absolute Gasteiger partial charge is 0.452 e. The fraction of sp³-hybridized carbons (Fsp3) is 0.625. The molecule has 138 valence electrons. The lowest BCUT2D eigenvalue weighted by molar-refractivity contribution is -0.125. The molecule has 0 atom stereocenters. The number of aromatic nitrogens is 2. The number of esters is 1. The van der Waals surface area contributed by atoms with Crippen LogP contribution in [0.15, 0.2) is 6.20 Å². The van der Waals surface area contributed by atoms with Crippen LogP contribution in [0.25, 0.3) is 0 Å². The van der Waals surface area contributed by atoms with Gasteiger partial charge in [-0.3, -0.25) is 9.48 Å². The standard InChI is InChI=1S/C16H24N4O5/c1-4-24-16(23)20-7-5-12(6-8-20)18-14(21)10-25-15(22)13-9-17-19(3)11(13)2/h9,12H,4-8,10H2,1-3H3,(H,18,21). The zero-order valence-electron chi connectivity index (χ0n) is 14.8. The second kappa shape index (κ2) is 8.50. The number of amides is 2. The molecule has 0 bridgehead atoms. The van der Waals surface area contributed by atoms with Gasteiger partial charge in [0.15, 0.2) is 6.61 Å². The minimum atomic E-state index is -0.571. The van der Waals surface area contributed by atoms with Crippen molar-refractivity contribution in [2.75, 3.05) is 26.3 Å². The van der Waals surface area contributed by atoms with Crippen molar-refractivity contribution < 1.29 is 23.9 Å². The highest BCUT2D eigenvalue weighted by molar-refractivity contribution is 5.92. The zero-order chi connectivity index (χ0) is 18.4. The van der Waals surface area contributed by atoms with Gasteiger partial charge in [-0.15, -0.1) is 0 Å². The van der Waals surface area contributed by atoms with Gasteiger partial charge in [-0.2, -0.15) is 5.10 Å². The molecule has 2 rings (SSSR count). The summed E-state index contributed by atoms with van der Waals surface area (Å²) in [5.74, 6) is -0.928. The van der Waals surface area contributed by atoms with Crippen LogP contribution in [0.4, 0.5) is 4.79 Å². The molecule has 1 aromatic rings. The fourth-order valence-corrected chi connectivity index (χ4v) is 2.60. The van der Waals surface area contributed by atoms with Crippen LogP contribution in [0.3, 0.4) is 0 Å². The number of carbonyl (C=O) groups is 3. The maximum absolute atomic E-state index is 11.9. The Morgan fingerprint density at radius 3 is 2.52 bits per heavy atom. The van der Waals surface area contributed by atoms with E-state index in [2.05, 4.69) is 10.4 Å². The predicted octanol–water partition coefficient (Wildman–Crippen LogP) is 0.622. The van der Waals surface area contributed by atoms with Gasteiger partial charge in [0.05, 0.1) is 12.8 Å². The van der Waals surface area contributed by atoms with Crippen LogP contribution in [0.1, 0.15) is 35.8 Å². The molecule has 2 amide bonds. The SMILES string of the molecule is CCOC(=O)N1CCC(NC(=O)COC(=O)c2cnn(C)c2C)CC1. The summed E-state index contributed by atoms with van der Waals surface area (Å²) >= 11 is 0. The van der Waals surface area contributed by atoms with Gasteiger partial charge in [0.1, 0.15) is 5.56 Å². The Morgan fingerprint density at radius 1 is 1.28 bits per heavy atom. The quantitative estimate of drug-likeness (QED) is 0.780. The monoisotopic (exact) mass is 352 g/mol. The molecule has 1 N–H and O–H groups in total. The summed E-state index contributed by atoms with van der Waals surface area (Å²) in [6.07, 6.45) is 2.37. The van der Waals surface area contributed by atoms with Gasteiger partial charge in [-0.1, -0.05) is 0 Å². The Hall–Kier alpha value is -2.58. The fourth-order valence-electron chi connectivity index (χ4n) is 2.60. The highest BCUT2D eigenvalue weighted by atomic mass is 16.6. The van der Waals surface area contributed by atoms with Crippen molar-refractivity contribution in [3.05, 3.63) is 17.5 Å². The minimum Gasteiger partial charge on any atom is -0.452 e. The number of nitrogens with zero attached hydrogens (tertiary/aromatic N) is 3. The molecule has 0 saturated carbocycles. The molecular formula is C16H24N4O5.